The van der Waals surface area contributed by atoms with Crippen LogP contribution in [0, 0.1) is 0 Å². The maximum atomic E-state index is 11.3. The third kappa shape index (κ3) is 3.47. The van der Waals surface area contributed by atoms with Crippen LogP contribution in [-0.4, -0.2) is 5.91 Å². The van der Waals surface area contributed by atoms with Crippen LogP contribution in [0.3, 0.4) is 0 Å². The molecule has 1 amide bonds. The number of nitrogen functional groups attached to an aromatic ring is 1. The van der Waals surface area contributed by atoms with Gasteiger partial charge < -0.3 is 5.73 Å². The van der Waals surface area contributed by atoms with Gasteiger partial charge in [0.05, 0.1) is 5.69 Å². The molecule has 3 heteroatoms. The molecule has 0 spiro atoms. The minimum atomic E-state index is -0.0587. The first-order valence-corrected chi connectivity index (χ1v) is 4.82. The van der Waals surface area contributed by atoms with Gasteiger partial charge in [-0.3, -0.25) is 4.79 Å². The molecule has 0 saturated carbocycles. The molecule has 1 aromatic rings. The van der Waals surface area contributed by atoms with Crippen molar-refractivity contribution >= 4 is 17.3 Å². The van der Waals surface area contributed by atoms with Gasteiger partial charge in [0.25, 0.3) is 0 Å². The van der Waals surface area contributed by atoms with E-state index < -0.39 is 0 Å². The first-order chi connectivity index (χ1) is 6.72. The van der Waals surface area contributed by atoms with Crippen LogP contribution >= 0.6 is 0 Å². The lowest BCUT2D eigenvalue weighted by atomic mass is 10.2. The van der Waals surface area contributed by atoms with Crippen molar-refractivity contribution in [2.24, 2.45) is 0 Å². The third-order valence-corrected chi connectivity index (χ3v) is 1.89. The van der Waals surface area contributed by atoms with E-state index in [1.54, 1.807) is 24.3 Å². The molecule has 14 heavy (non-hydrogen) atoms. The number of unbranched alkanes of at least 4 members (excludes halogenated alkanes) is 1. The molecule has 0 aliphatic heterocycles. The molecule has 0 fully saturated rings. The Morgan fingerprint density at radius 3 is 2.57 bits per heavy atom. The maximum absolute atomic E-state index is 11.3. The first-order valence-electron chi connectivity index (χ1n) is 4.82. The Balaban J connectivity index is 2.44. The minimum absolute atomic E-state index is 0.0587. The standard InChI is InChI=1S/C11H15N2O/c1-2-3-4-11(14)13-10-7-5-9(12)6-8-10/h5-8H,2-4,12H2,1H3. The Hall–Kier alpha value is -1.51. The Bertz CT molecular complexity index is 293. The lowest BCUT2D eigenvalue weighted by molar-refractivity contribution is -0.120. The van der Waals surface area contributed by atoms with E-state index in [1.807, 2.05) is 0 Å². The van der Waals surface area contributed by atoms with Crippen molar-refractivity contribution in [3.8, 4) is 0 Å². The Labute approximate surface area is 84.3 Å². The highest BCUT2D eigenvalue weighted by Gasteiger charge is 2.02. The van der Waals surface area contributed by atoms with Gasteiger partial charge in [0, 0.05) is 12.1 Å². The molecule has 0 bridgehead atoms. The van der Waals surface area contributed by atoms with Crippen molar-refractivity contribution in [3.63, 3.8) is 0 Å². The summed E-state index contributed by atoms with van der Waals surface area (Å²) in [4.78, 5) is 11.3. The molecule has 0 atom stereocenters. The highest BCUT2D eigenvalue weighted by atomic mass is 16.1. The Kier molecular flexibility index (Phi) is 3.98. The summed E-state index contributed by atoms with van der Waals surface area (Å²) in [6, 6.07) is 6.98. The summed E-state index contributed by atoms with van der Waals surface area (Å²) in [7, 11) is 0. The highest BCUT2D eigenvalue weighted by Crippen LogP contribution is 2.11. The molecule has 3 nitrogen and oxygen atoms in total. The van der Waals surface area contributed by atoms with E-state index in [1.165, 1.54) is 0 Å². The van der Waals surface area contributed by atoms with Crippen LogP contribution in [0.25, 0.3) is 0 Å². The van der Waals surface area contributed by atoms with Crippen LogP contribution in [-0.2, 0) is 4.79 Å². The van der Waals surface area contributed by atoms with Gasteiger partial charge in [-0.2, -0.15) is 0 Å². The van der Waals surface area contributed by atoms with Crippen molar-refractivity contribution in [2.75, 3.05) is 5.73 Å². The number of hydrogen-bond donors (Lipinski definition) is 1. The largest absolute Gasteiger partial charge is 0.399 e. The van der Waals surface area contributed by atoms with Gasteiger partial charge in [0.1, 0.15) is 0 Å². The third-order valence-electron chi connectivity index (χ3n) is 1.89. The van der Waals surface area contributed by atoms with E-state index in [0.717, 1.165) is 12.8 Å². The van der Waals surface area contributed by atoms with Gasteiger partial charge in [0.2, 0.25) is 5.91 Å². The van der Waals surface area contributed by atoms with E-state index in [9.17, 15) is 4.79 Å². The fourth-order valence-electron chi connectivity index (χ4n) is 1.08. The number of carbonyl (C=O) groups excluding carboxylic acids is 1. The fraction of sp³-hybridized carbons (Fsp3) is 0.364. The topological polar surface area (TPSA) is 57.2 Å². The summed E-state index contributed by atoms with van der Waals surface area (Å²) in [5.74, 6) is -0.0587. The summed E-state index contributed by atoms with van der Waals surface area (Å²) in [6.45, 7) is 2.05. The van der Waals surface area contributed by atoms with Gasteiger partial charge in [-0.05, 0) is 30.7 Å². The molecular weight excluding hydrogens is 176 g/mol. The molecule has 1 radical (unpaired) electrons. The number of rotatable bonds is 4. The normalized spacial score (nSPS) is 9.79. The predicted octanol–water partition coefficient (Wildman–Crippen LogP) is 2.22. The van der Waals surface area contributed by atoms with E-state index in [-0.39, 0.29) is 5.91 Å². The first kappa shape index (κ1) is 10.6. The van der Waals surface area contributed by atoms with Crippen molar-refractivity contribution in [1.82, 2.24) is 5.32 Å². The number of benzene rings is 1. The summed E-state index contributed by atoms with van der Waals surface area (Å²) < 4.78 is 0. The Morgan fingerprint density at radius 2 is 2.00 bits per heavy atom. The van der Waals surface area contributed by atoms with Crippen molar-refractivity contribution < 1.29 is 4.79 Å². The number of hydrogen-bond acceptors (Lipinski definition) is 2. The smallest absolute Gasteiger partial charge is 0.246 e. The summed E-state index contributed by atoms with van der Waals surface area (Å²) >= 11 is 0. The number of amides is 1. The number of carbonyl (C=O) groups is 1. The van der Waals surface area contributed by atoms with Crippen molar-refractivity contribution in [3.05, 3.63) is 24.3 Å². The molecule has 0 unspecified atom stereocenters. The van der Waals surface area contributed by atoms with Gasteiger partial charge in [0.15, 0.2) is 0 Å². The van der Waals surface area contributed by atoms with Crippen LogP contribution < -0.4 is 11.1 Å². The van der Waals surface area contributed by atoms with E-state index >= 15 is 0 Å². The molecule has 0 saturated heterocycles. The van der Waals surface area contributed by atoms with Gasteiger partial charge in [-0.25, -0.2) is 5.32 Å². The second-order valence-electron chi connectivity index (χ2n) is 3.20. The van der Waals surface area contributed by atoms with Crippen LogP contribution in [0.15, 0.2) is 24.3 Å². The number of nitrogens with two attached hydrogens (primary N) is 1. The van der Waals surface area contributed by atoms with Gasteiger partial charge in [-0.1, -0.05) is 13.3 Å². The van der Waals surface area contributed by atoms with Gasteiger partial charge >= 0.3 is 0 Å². The lowest BCUT2D eigenvalue weighted by Gasteiger charge is -2.01. The lowest BCUT2D eigenvalue weighted by Crippen LogP contribution is -2.09. The SMILES string of the molecule is CCCCC(=O)[N]c1ccc(N)cc1. The predicted molar refractivity (Wildman–Crippen MR) is 57.2 cm³/mol. The molecule has 2 N–H and O–H groups in total. The summed E-state index contributed by atoms with van der Waals surface area (Å²) in [5.41, 5.74) is 6.88. The molecule has 0 aliphatic carbocycles. The zero-order valence-electron chi connectivity index (χ0n) is 8.36. The van der Waals surface area contributed by atoms with Crippen LogP contribution in [0.5, 0.6) is 0 Å². The van der Waals surface area contributed by atoms with Crippen LogP contribution in [0.4, 0.5) is 11.4 Å². The molecular formula is C11H15N2O. The highest BCUT2D eigenvalue weighted by molar-refractivity contribution is 5.80. The van der Waals surface area contributed by atoms with E-state index in [2.05, 4.69) is 12.2 Å². The number of nitrogens with zero attached hydrogens (tertiary/aromatic N) is 1. The van der Waals surface area contributed by atoms with Crippen molar-refractivity contribution in [2.45, 2.75) is 26.2 Å². The molecule has 1 aromatic carbocycles. The quantitative estimate of drug-likeness (QED) is 0.742. The Morgan fingerprint density at radius 1 is 1.36 bits per heavy atom. The van der Waals surface area contributed by atoms with Crippen LogP contribution in [0.2, 0.25) is 0 Å². The van der Waals surface area contributed by atoms with E-state index in [4.69, 9.17) is 5.73 Å². The average Bonchev–Trinajstić information content (AvgIpc) is 2.18. The zero-order chi connectivity index (χ0) is 10.4. The van der Waals surface area contributed by atoms with Crippen LogP contribution in [0.1, 0.15) is 26.2 Å². The molecule has 1 rings (SSSR count). The minimum Gasteiger partial charge on any atom is -0.399 e. The second kappa shape index (κ2) is 5.27. The number of anilines is 1. The van der Waals surface area contributed by atoms with E-state index in [0.29, 0.717) is 17.8 Å². The average molecular weight is 191 g/mol. The maximum Gasteiger partial charge on any atom is 0.246 e. The monoisotopic (exact) mass is 191 g/mol. The summed E-state index contributed by atoms with van der Waals surface area (Å²) in [6.07, 6.45) is 2.45. The van der Waals surface area contributed by atoms with Crippen molar-refractivity contribution in [1.29, 1.82) is 0 Å². The molecule has 75 valence electrons. The zero-order valence-corrected chi connectivity index (χ0v) is 8.36. The molecule has 0 heterocycles. The second-order valence-corrected chi connectivity index (χ2v) is 3.20. The fourth-order valence-corrected chi connectivity index (χ4v) is 1.08. The molecule has 0 aromatic heterocycles. The summed E-state index contributed by atoms with van der Waals surface area (Å²) in [5, 5.41) is 3.94. The molecule has 0 aliphatic rings. The van der Waals surface area contributed by atoms with Gasteiger partial charge in [-0.15, -0.1) is 0 Å².